The molecule has 2 heterocycles. The molecule has 3 atom stereocenters. The third-order valence-electron chi connectivity index (χ3n) is 5.29. The van der Waals surface area contributed by atoms with E-state index in [1.165, 1.54) is 12.2 Å². The van der Waals surface area contributed by atoms with E-state index in [0.717, 1.165) is 11.3 Å². The molecule has 2 aliphatic rings. The first-order valence-corrected chi connectivity index (χ1v) is 8.71. The Morgan fingerprint density at radius 3 is 2.76 bits per heavy atom. The number of ether oxygens (including phenoxy) is 2. The zero-order valence-electron chi connectivity index (χ0n) is 15.0. The topological polar surface area (TPSA) is 65.1 Å². The Morgan fingerprint density at radius 2 is 2.04 bits per heavy atom. The van der Waals surface area contributed by atoms with Crippen LogP contribution in [0.15, 0.2) is 24.3 Å². The van der Waals surface area contributed by atoms with E-state index in [1.54, 1.807) is 0 Å². The number of methoxy groups -OCH3 is 1. The molecule has 25 heavy (non-hydrogen) atoms. The van der Waals surface area contributed by atoms with E-state index in [0.29, 0.717) is 19.6 Å². The Balaban J connectivity index is 1.78. The number of hydrogen-bond donors (Lipinski definition) is 0. The number of nitrogens with zero attached hydrogens (tertiary/aromatic N) is 1. The molecule has 6 heteroatoms. The summed E-state index contributed by atoms with van der Waals surface area (Å²) in [6.45, 7) is 4.92. The van der Waals surface area contributed by atoms with Crippen molar-refractivity contribution in [2.75, 3.05) is 20.3 Å². The Bertz CT molecular complexity index is 661. The van der Waals surface area contributed by atoms with Gasteiger partial charge in [-0.3, -0.25) is 14.4 Å². The SMILES string of the molecule is CC[C@@](C)(CC(=O)OC)CC(=O)N1OC[C@@H]2COc3ccccc3[C@@H]21. The van der Waals surface area contributed by atoms with Crippen LogP contribution < -0.4 is 4.74 Å². The van der Waals surface area contributed by atoms with Crippen molar-refractivity contribution in [2.24, 2.45) is 11.3 Å². The highest BCUT2D eigenvalue weighted by molar-refractivity contribution is 5.78. The lowest BCUT2D eigenvalue weighted by atomic mass is 9.80. The molecule has 0 bridgehead atoms. The van der Waals surface area contributed by atoms with Crippen molar-refractivity contribution in [3.05, 3.63) is 29.8 Å². The standard InChI is InChI=1S/C19H25NO5/c1-4-19(2,10-17(22)23-3)9-16(21)20-18-13(12-25-20)11-24-15-8-6-5-7-14(15)18/h5-8,13,18H,4,9-12H2,1-3H3/t13-,18+,19+/m0/s1. The average molecular weight is 347 g/mol. The number of amides is 1. The minimum absolute atomic E-state index is 0.0996. The molecule has 0 aliphatic carbocycles. The van der Waals surface area contributed by atoms with Gasteiger partial charge < -0.3 is 9.47 Å². The first-order valence-electron chi connectivity index (χ1n) is 8.71. The van der Waals surface area contributed by atoms with Crippen LogP contribution in [0, 0.1) is 11.3 Å². The van der Waals surface area contributed by atoms with Gasteiger partial charge in [0, 0.05) is 17.9 Å². The molecule has 0 saturated carbocycles. The van der Waals surface area contributed by atoms with Crippen LogP contribution in [0.25, 0.3) is 0 Å². The highest BCUT2D eigenvalue weighted by Gasteiger charge is 2.45. The summed E-state index contributed by atoms with van der Waals surface area (Å²) in [4.78, 5) is 30.4. The van der Waals surface area contributed by atoms with Crippen molar-refractivity contribution in [1.29, 1.82) is 0 Å². The number of esters is 1. The van der Waals surface area contributed by atoms with Gasteiger partial charge in [0.05, 0.1) is 32.8 Å². The number of para-hydroxylation sites is 1. The molecular weight excluding hydrogens is 322 g/mol. The normalized spacial score (nSPS) is 23.9. The van der Waals surface area contributed by atoms with Crippen molar-refractivity contribution in [3.8, 4) is 5.75 Å². The molecule has 1 amide bonds. The van der Waals surface area contributed by atoms with Crippen LogP contribution in [0.3, 0.4) is 0 Å². The highest BCUT2D eigenvalue weighted by Crippen LogP contribution is 2.44. The van der Waals surface area contributed by atoms with E-state index in [9.17, 15) is 9.59 Å². The number of rotatable bonds is 5. The molecule has 0 unspecified atom stereocenters. The molecular formula is C19H25NO5. The Hall–Kier alpha value is -2.08. The largest absolute Gasteiger partial charge is 0.493 e. The second-order valence-corrected chi connectivity index (χ2v) is 7.16. The van der Waals surface area contributed by atoms with E-state index in [2.05, 4.69) is 0 Å². The van der Waals surface area contributed by atoms with Crippen molar-refractivity contribution in [3.63, 3.8) is 0 Å². The fourth-order valence-corrected chi connectivity index (χ4v) is 3.51. The maximum Gasteiger partial charge on any atom is 0.306 e. The number of carbonyl (C=O) groups is 2. The third-order valence-corrected chi connectivity index (χ3v) is 5.29. The number of hydroxylamine groups is 2. The van der Waals surface area contributed by atoms with Gasteiger partial charge in [-0.25, -0.2) is 5.06 Å². The number of hydrogen-bond acceptors (Lipinski definition) is 5. The maximum absolute atomic E-state index is 13.0. The van der Waals surface area contributed by atoms with Gasteiger partial charge in [-0.1, -0.05) is 32.0 Å². The molecule has 1 saturated heterocycles. The van der Waals surface area contributed by atoms with Crippen molar-refractivity contribution in [1.82, 2.24) is 5.06 Å². The zero-order chi connectivity index (χ0) is 18.0. The lowest BCUT2D eigenvalue weighted by Gasteiger charge is -2.33. The molecule has 1 fully saturated rings. The van der Waals surface area contributed by atoms with Gasteiger partial charge in [0.15, 0.2) is 0 Å². The molecule has 0 radical (unpaired) electrons. The number of carbonyl (C=O) groups excluding carboxylic acids is 2. The molecule has 1 aromatic carbocycles. The van der Waals surface area contributed by atoms with Gasteiger partial charge in [0.25, 0.3) is 0 Å². The Labute approximate surface area is 148 Å². The monoisotopic (exact) mass is 347 g/mol. The number of fused-ring (bicyclic) bond motifs is 3. The summed E-state index contributed by atoms with van der Waals surface area (Å²) in [7, 11) is 1.37. The molecule has 6 nitrogen and oxygen atoms in total. The van der Waals surface area contributed by atoms with Crippen LogP contribution in [0.2, 0.25) is 0 Å². The van der Waals surface area contributed by atoms with Gasteiger partial charge in [0.2, 0.25) is 5.91 Å². The van der Waals surface area contributed by atoms with Gasteiger partial charge in [0.1, 0.15) is 5.75 Å². The second kappa shape index (κ2) is 7.04. The smallest absolute Gasteiger partial charge is 0.306 e. The highest BCUT2D eigenvalue weighted by atomic mass is 16.7. The molecule has 0 spiro atoms. The summed E-state index contributed by atoms with van der Waals surface area (Å²) in [6, 6.07) is 7.63. The van der Waals surface area contributed by atoms with Crippen molar-refractivity contribution in [2.45, 2.75) is 39.2 Å². The average Bonchev–Trinajstić information content (AvgIpc) is 3.06. The second-order valence-electron chi connectivity index (χ2n) is 7.16. The summed E-state index contributed by atoms with van der Waals surface area (Å²) >= 11 is 0. The fourth-order valence-electron chi connectivity index (χ4n) is 3.51. The van der Waals surface area contributed by atoms with Gasteiger partial charge >= 0.3 is 5.97 Å². The molecule has 136 valence electrons. The predicted molar refractivity (Wildman–Crippen MR) is 90.6 cm³/mol. The summed E-state index contributed by atoms with van der Waals surface area (Å²) in [5.41, 5.74) is 0.534. The first-order chi connectivity index (χ1) is 12.0. The Morgan fingerprint density at radius 1 is 1.28 bits per heavy atom. The summed E-state index contributed by atoms with van der Waals surface area (Å²) in [5, 5.41) is 1.50. The van der Waals surface area contributed by atoms with Crippen molar-refractivity contribution < 1.29 is 23.9 Å². The lowest BCUT2D eigenvalue weighted by Crippen LogP contribution is -2.37. The molecule has 1 aromatic rings. The zero-order valence-corrected chi connectivity index (χ0v) is 15.0. The minimum atomic E-state index is -0.448. The lowest BCUT2D eigenvalue weighted by molar-refractivity contribution is -0.180. The molecule has 0 aromatic heterocycles. The predicted octanol–water partition coefficient (Wildman–Crippen LogP) is 2.88. The summed E-state index contributed by atoms with van der Waals surface area (Å²) < 4.78 is 10.6. The van der Waals surface area contributed by atoms with Crippen LogP contribution >= 0.6 is 0 Å². The van der Waals surface area contributed by atoms with Crippen LogP contribution in [0.1, 0.15) is 44.7 Å². The third kappa shape index (κ3) is 3.49. The maximum atomic E-state index is 13.0. The quantitative estimate of drug-likeness (QED) is 0.766. The molecule has 0 N–H and O–H groups in total. The van der Waals surface area contributed by atoms with E-state index < -0.39 is 5.41 Å². The summed E-state index contributed by atoms with van der Waals surface area (Å²) in [5.74, 6) is 0.540. The van der Waals surface area contributed by atoms with Gasteiger partial charge in [-0.05, 0) is 17.9 Å². The first kappa shape index (κ1) is 17.7. The van der Waals surface area contributed by atoms with E-state index in [1.807, 2.05) is 38.1 Å². The van der Waals surface area contributed by atoms with Crippen LogP contribution in [0.5, 0.6) is 5.75 Å². The Kier molecular flexibility index (Phi) is 4.99. The number of benzene rings is 1. The van der Waals surface area contributed by atoms with Crippen LogP contribution in [-0.4, -0.2) is 37.3 Å². The van der Waals surface area contributed by atoms with Crippen LogP contribution in [-0.2, 0) is 19.2 Å². The minimum Gasteiger partial charge on any atom is -0.493 e. The molecule has 2 aliphatic heterocycles. The van der Waals surface area contributed by atoms with Gasteiger partial charge in [-0.15, -0.1) is 0 Å². The summed E-state index contributed by atoms with van der Waals surface area (Å²) in [6.07, 6.45) is 1.16. The fraction of sp³-hybridized carbons (Fsp3) is 0.579. The van der Waals surface area contributed by atoms with E-state index in [4.69, 9.17) is 14.3 Å². The van der Waals surface area contributed by atoms with Gasteiger partial charge in [-0.2, -0.15) is 0 Å². The van der Waals surface area contributed by atoms with E-state index >= 15 is 0 Å². The van der Waals surface area contributed by atoms with Crippen LogP contribution in [0.4, 0.5) is 0 Å². The molecule has 3 rings (SSSR count). The van der Waals surface area contributed by atoms with Crippen molar-refractivity contribution >= 4 is 11.9 Å². The van der Waals surface area contributed by atoms with E-state index in [-0.39, 0.29) is 36.7 Å².